The Morgan fingerprint density at radius 1 is 0.661 bits per heavy atom. The maximum atomic E-state index is 13.4. The lowest BCUT2D eigenvalue weighted by Crippen LogP contribution is -2.47. The van der Waals surface area contributed by atoms with Crippen molar-refractivity contribution in [3.8, 4) is 0 Å². The molecule has 0 aliphatic carbocycles. The molecule has 0 N–H and O–H groups in total. The molecule has 2 unspecified atom stereocenters. The molecule has 2 rings (SSSR count). The fourth-order valence-electron chi connectivity index (χ4n) is 4.86. The Balaban J connectivity index is 2.47. The van der Waals surface area contributed by atoms with Gasteiger partial charge in [-0.15, -0.1) is 0 Å². The van der Waals surface area contributed by atoms with Crippen molar-refractivity contribution in [2.24, 2.45) is 10.2 Å². The summed E-state index contributed by atoms with van der Waals surface area (Å²) in [5.74, 6) is -1.69. The molecule has 2 aromatic carbocycles. The second-order valence-electron chi connectivity index (χ2n) is 12.9. The smallest absolute Gasteiger partial charge is 0.338 e. The number of carbonyl (C=O) groups is 3. The van der Waals surface area contributed by atoms with E-state index in [9.17, 15) is 14.4 Å². The highest BCUT2D eigenvalue weighted by atomic mass is 16.7. The van der Waals surface area contributed by atoms with Crippen molar-refractivity contribution in [2.75, 3.05) is 33.5 Å². The number of benzene rings is 2. The Bertz CT molecular complexity index is 1530. The minimum atomic E-state index is -1.40. The van der Waals surface area contributed by atoms with Crippen LogP contribution in [0.5, 0.6) is 0 Å². The fraction of sp³-hybridized carbons (Fsp3) is 0.615. The summed E-state index contributed by atoms with van der Waals surface area (Å²) in [5.41, 5.74) is 18.7. The van der Waals surface area contributed by atoms with Gasteiger partial charge in [-0.2, -0.15) is 0 Å². The Labute approximate surface area is 328 Å². The van der Waals surface area contributed by atoms with Gasteiger partial charge >= 0.3 is 17.9 Å². The first-order valence-electron chi connectivity index (χ1n) is 18.8. The molecule has 308 valence electrons. The van der Waals surface area contributed by atoms with Crippen molar-refractivity contribution in [1.29, 1.82) is 0 Å². The molecule has 0 fully saturated rings. The van der Waals surface area contributed by atoms with Gasteiger partial charge in [-0.05, 0) is 68.4 Å². The molecular formula is C39H56N6O11. The summed E-state index contributed by atoms with van der Waals surface area (Å²) in [4.78, 5) is 43.9. The predicted octanol–water partition coefficient (Wildman–Crippen LogP) is 7.88. The van der Waals surface area contributed by atoms with Gasteiger partial charge < -0.3 is 37.9 Å². The summed E-state index contributed by atoms with van der Waals surface area (Å²) in [7, 11) is 1.34. The molecule has 0 spiro atoms. The van der Waals surface area contributed by atoms with Crippen LogP contribution in [0, 0.1) is 0 Å². The number of rotatable bonds is 29. The number of azide groups is 2. The average Bonchev–Trinajstić information content (AvgIpc) is 3.21. The first-order chi connectivity index (χ1) is 27.0. The number of nitrogens with zero attached hydrogens (tertiary/aromatic N) is 6. The van der Waals surface area contributed by atoms with E-state index >= 15 is 0 Å². The SMILES string of the molecule is CCCCO[C@H](CO[C@@H](OC(C)[C@H](C)N=[N+]=[N-])[C@@H](COC(=O)c1ccccc1)OC(=O)c1ccccc1)[C@@H](OCCCCCC(=O)OC)OC(C)[C@H](C)N=[N+]=[N-]. The zero-order valence-corrected chi connectivity index (χ0v) is 33.1. The standard InChI is InChI=1S/C39H56N6O11/c1-7-8-23-50-33(38(54-29(4)27(2)42-44-40)51-24-17-11-16-22-35(46)49-6)25-53-39(55-30(5)28(3)43-45-41)34(56-37(48)32-20-14-10-15-21-32)26-52-36(47)31-18-12-9-13-19-31/h9-10,12-15,18-21,27-30,33-34,38-39H,7-8,11,16-17,22-26H2,1-6H3/t27-,28-,29?,30?,33+,34+,38-,39-/m0/s1. The van der Waals surface area contributed by atoms with Crippen LogP contribution in [0.4, 0.5) is 0 Å². The molecule has 17 heteroatoms. The van der Waals surface area contributed by atoms with E-state index in [2.05, 4.69) is 20.1 Å². The van der Waals surface area contributed by atoms with E-state index in [-0.39, 0.29) is 36.7 Å². The number of hydrogen-bond donors (Lipinski definition) is 0. The van der Waals surface area contributed by atoms with Gasteiger partial charge in [-0.25, -0.2) is 9.59 Å². The quantitative estimate of drug-likeness (QED) is 0.0147. The number of carbonyl (C=O) groups excluding carboxylic acids is 3. The summed E-state index contributed by atoms with van der Waals surface area (Å²) in [6.07, 6.45) is -2.35. The monoisotopic (exact) mass is 784 g/mol. The third kappa shape index (κ3) is 18.3. The molecule has 56 heavy (non-hydrogen) atoms. The fourth-order valence-corrected chi connectivity index (χ4v) is 4.86. The molecule has 0 radical (unpaired) electrons. The van der Waals surface area contributed by atoms with E-state index in [4.69, 9.17) is 49.0 Å². The van der Waals surface area contributed by atoms with Crippen molar-refractivity contribution in [2.45, 2.75) is 122 Å². The Kier molecular flexibility index (Phi) is 23.5. The number of esters is 3. The minimum Gasteiger partial charge on any atom is -0.469 e. The molecular weight excluding hydrogens is 728 g/mol. The van der Waals surface area contributed by atoms with Gasteiger partial charge in [0.2, 0.25) is 0 Å². The summed E-state index contributed by atoms with van der Waals surface area (Å²) >= 11 is 0. The molecule has 0 heterocycles. The van der Waals surface area contributed by atoms with Crippen molar-refractivity contribution < 1.29 is 52.3 Å². The lowest BCUT2D eigenvalue weighted by atomic mass is 10.2. The molecule has 0 bridgehead atoms. The molecule has 0 aliphatic rings. The van der Waals surface area contributed by atoms with Gasteiger partial charge in [0.15, 0.2) is 18.7 Å². The van der Waals surface area contributed by atoms with Crippen LogP contribution in [0.3, 0.4) is 0 Å². The molecule has 0 saturated carbocycles. The highest BCUT2D eigenvalue weighted by molar-refractivity contribution is 5.90. The van der Waals surface area contributed by atoms with Crippen molar-refractivity contribution >= 4 is 17.9 Å². The predicted molar refractivity (Wildman–Crippen MR) is 205 cm³/mol. The molecule has 0 aliphatic heterocycles. The summed E-state index contributed by atoms with van der Waals surface area (Å²) in [6.45, 7) is 8.59. The molecule has 2 aromatic rings. The van der Waals surface area contributed by atoms with E-state index in [0.717, 1.165) is 6.42 Å². The number of methoxy groups -OCH3 is 1. The van der Waals surface area contributed by atoms with Crippen LogP contribution in [0.2, 0.25) is 0 Å². The second kappa shape index (κ2) is 27.8. The lowest BCUT2D eigenvalue weighted by molar-refractivity contribution is -0.268. The maximum Gasteiger partial charge on any atom is 0.338 e. The zero-order valence-electron chi connectivity index (χ0n) is 33.1. The summed E-state index contributed by atoms with van der Waals surface area (Å²) < 4.78 is 47.7. The van der Waals surface area contributed by atoms with Gasteiger partial charge in [0, 0.05) is 29.5 Å². The Morgan fingerprint density at radius 3 is 1.73 bits per heavy atom. The molecule has 0 aromatic heterocycles. The average molecular weight is 785 g/mol. The van der Waals surface area contributed by atoms with Crippen LogP contribution in [0.25, 0.3) is 20.9 Å². The van der Waals surface area contributed by atoms with Gasteiger partial charge in [-0.1, -0.05) is 80.2 Å². The van der Waals surface area contributed by atoms with E-state index in [1.807, 2.05) is 6.92 Å². The normalized spacial score (nSPS) is 15.3. The molecule has 0 amide bonds. The van der Waals surface area contributed by atoms with Crippen LogP contribution >= 0.6 is 0 Å². The maximum absolute atomic E-state index is 13.4. The second-order valence-corrected chi connectivity index (χ2v) is 12.9. The van der Waals surface area contributed by atoms with Crippen molar-refractivity contribution in [3.05, 3.63) is 92.7 Å². The third-order valence-electron chi connectivity index (χ3n) is 8.58. The number of hydrogen-bond acceptors (Lipinski definition) is 13. The first-order valence-corrected chi connectivity index (χ1v) is 18.8. The minimum absolute atomic E-state index is 0.232. The molecule has 0 saturated heterocycles. The first kappa shape index (κ1) is 47.4. The third-order valence-corrected chi connectivity index (χ3v) is 8.58. The van der Waals surface area contributed by atoms with E-state index in [0.29, 0.717) is 32.3 Å². The highest BCUT2D eigenvalue weighted by Gasteiger charge is 2.35. The Morgan fingerprint density at radius 2 is 1.20 bits per heavy atom. The van der Waals surface area contributed by atoms with Crippen LogP contribution in [-0.4, -0.2) is 101 Å². The van der Waals surface area contributed by atoms with Gasteiger partial charge in [0.25, 0.3) is 0 Å². The highest BCUT2D eigenvalue weighted by Crippen LogP contribution is 2.21. The van der Waals surface area contributed by atoms with Gasteiger partial charge in [0.1, 0.15) is 12.7 Å². The van der Waals surface area contributed by atoms with Gasteiger partial charge in [-0.3, -0.25) is 4.79 Å². The van der Waals surface area contributed by atoms with E-state index in [1.54, 1.807) is 88.4 Å². The largest absolute Gasteiger partial charge is 0.469 e. The van der Waals surface area contributed by atoms with Gasteiger partial charge in [0.05, 0.1) is 49.1 Å². The molecule has 8 atom stereocenters. The number of unbranched alkanes of at least 4 members (excludes halogenated alkanes) is 3. The van der Waals surface area contributed by atoms with E-state index < -0.39 is 67.6 Å². The lowest BCUT2D eigenvalue weighted by Gasteiger charge is -2.34. The van der Waals surface area contributed by atoms with Crippen molar-refractivity contribution in [1.82, 2.24) is 0 Å². The van der Waals surface area contributed by atoms with Crippen LogP contribution in [-0.2, 0) is 42.7 Å². The van der Waals surface area contributed by atoms with Crippen molar-refractivity contribution in [3.63, 3.8) is 0 Å². The van der Waals surface area contributed by atoms with E-state index in [1.165, 1.54) is 7.11 Å². The number of ether oxygens (including phenoxy) is 8. The molecule has 17 nitrogen and oxygen atoms in total. The zero-order chi connectivity index (χ0) is 41.1. The summed E-state index contributed by atoms with van der Waals surface area (Å²) in [5, 5.41) is 7.52. The van der Waals surface area contributed by atoms with Crippen LogP contribution in [0.1, 0.15) is 93.9 Å². The topological polar surface area (TPSA) is 223 Å². The Hall–Kier alpha value is -4.73. The summed E-state index contributed by atoms with van der Waals surface area (Å²) in [6, 6.07) is 15.3. The van der Waals surface area contributed by atoms with Crippen LogP contribution < -0.4 is 0 Å². The van der Waals surface area contributed by atoms with Crippen LogP contribution in [0.15, 0.2) is 70.9 Å².